The first kappa shape index (κ1) is 23.3. The van der Waals surface area contributed by atoms with Crippen LogP contribution in [0.15, 0.2) is 24.3 Å². The van der Waals surface area contributed by atoms with Crippen LogP contribution in [0.25, 0.3) is 0 Å². The maximum Gasteiger partial charge on any atom is 0.203 e. The minimum absolute atomic E-state index is 0. The fourth-order valence-electron chi connectivity index (χ4n) is 3.52. The van der Waals surface area contributed by atoms with E-state index in [4.69, 9.17) is 5.26 Å². The molecule has 1 unspecified atom stereocenters. The minimum atomic E-state index is -3.29. The lowest BCUT2D eigenvalue weighted by atomic mass is 9.91. The molecule has 1 fully saturated rings. The highest BCUT2D eigenvalue weighted by molar-refractivity contribution is 8.93. The summed E-state index contributed by atoms with van der Waals surface area (Å²) in [6, 6.07) is 9.36. The highest BCUT2D eigenvalue weighted by atomic mass is 79.9. The molecule has 0 amide bonds. The molecule has 0 aliphatic heterocycles. The average molecular weight is 445 g/mol. The molecular weight excluding hydrogens is 415 g/mol. The van der Waals surface area contributed by atoms with E-state index >= 15 is 0 Å². The van der Waals surface area contributed by atoms with E-state index in [-0.39, 0.29) is 35.7 Å². The van der Waals surface area contributed by atoms with E-state index < -0.39 is 13.5 Å². The van der Waals surface area contributed by atoms with E-state index in [1.807, 2.05) is 19.1 Å². The van der Waals surface area contributed by atoms with Crippen molar-refractivity contribution in [1.29, 1.82) is 5.26 Å². The number of aliphatic hydroxyl groups excluding tert-OH is 1. The molecule has 26 heavy (non-hydrogen) atoms. The van der Waals surface area contributed by atoms with Crippen molar-refractivity contribution in [1.82, 2.24) is 5.32 Å². The molecule has 2 rings (SSSR count). The van der Waals surface area contributed by atoms with Gasteiger partial charge >= 0.3 is 0 Å². The summed E-state index contributed by atoms with van der Waals surface area (Å²) in [5.41, 5.74) is 1.63. The highest BCUT2D eigenvalue weighted by Crippen LogP contribution is 2.45. The Labute approximate surface area is 167 Å². The van der Waals surface area contributed by atoms with Gasteiger partial charge in [0, 0.05) is 18.7 Å². The Kier molecular flexibility index (Phi) is 10.1. The van der Waals surface area contributed by atoms with Gasteiger partial charge in [0.05, 0.1) is 23.9 Å². The van der Waals surface area contributed by atoms with Crippen LogP contribution in [-0.4, -0.2) is 35.0 Å². The van der Waals surface area contributed by atoms with Gasteiger partial charge in [-0.1, -0.05) is 31.4 Å². The molecule has 0 spiro atoms. The lowest BCUT2D eigenvalue weighted by molar-refractivity contribution is 0.186. The summed E-state index contributed by atoms with van der Waals surface area (Å²) < 4.78 is 12.4. The van der Waals surface area contributed by atoms with Gasteiger partial charge in [0.15, 0.2) is 0 Å². The number of nitrogens with one attached hydrogen (secondary N) is 1. The van der Waals surface area contributed by atoms with E-state index in [1.165, 1.54) is 6.42 Å². The number of halogens is 1. The van der Waals surface area contributed by atoms with Gasteiger partial charge in [0.25, 0.3) is 0 Å². The van der Waals surface area contributed by atoms with Crippen LogP contribution in [0.3, 0.4) is 0 Å². The largest absolute Gasteiger partial charge is 0.391 e. The summed E-state index contributed by atoms with van der Waals surface area (Å²) in [5, 5.41) is 22.2. The molecule has 1 saturated carbocycles. The number of nitriles is 1. The van der Waals surface area contributed by atoms with Crippen molar-refractivity contribution in [3.8, 4) is 6.07 Å². The van der Waals surface area contributed by atoms with Crippen molar-refractivity contribution >= 4 is 24.4 Å². The topological polar surface area (TPSA) is 93.3 Å². The zero-order valence-electron chi connectivity index (χ0n) is 15.3. The second kappa shape index (κ2) is 11.2. The van der Waals surface area contributed by atoms with Crippen molar-refractivity contribution in [3.05, 3.63) is 35.4 Å². The number of aliphatic hydroxyl groups is 1. The van der Waals surface area contributed by atoms with Crippen molar-refractivity contribution in [3.63, 3.8) is 0 Å². The van der Waals surface area contributed by atoms with Crippen LogP contribution in [0.2, 0.25) is 0 Å². The molecule has 7 heteroatoms. The maximum absolute atomic E-state index is 12.4. The number of rotatable bonds is 8. The second-order valence-electron chi connectivity index (χ2n) is 7.23. The summed E-state index contributed by atoms with van der Waals surface area (Å²) in [6.45, 7) is 2.24. The standard InChI is InChI=1S/C19H29N2O3P.BrH/c1-15(18-9-7-16(11-20)8-10-18)21-12-19(22)14-25(23,24)13-17-5-3-2-4-6-17;/h7-10,15,17,19,21-22H,2-6,12-14H2,1H3,(H,23,24);1H/t15-,19-;/m0./s1. The van der Waals surface area contributed by atoms with Gasteiger partial charge in [0.1, 0.15) is 0 Å². The second-order valence-corrected chi connectivity index (χ2v) is 9.66. The normalized spacial score (nSPS) is 19.6. The van der Waals surface area contributed by atoms with Crippen LogP contribution in [0, 0.1) is 17.2 Å². The first-order chi connectivity index (χ1) is 11.9. The van der Waals surface area contributed by atoms with Crippen LogP contribution in [-0.2, 0) is 4.57 Å². The van der Waals surface area contributed by atoms with E-state index in [0.717, 1.165) is 31.2 Å². The third-order valence-corrected chi connectivity index (χ3v) is 7.04. The Hall–Kier alpha value is -0.700. The lowest BCUT2D eigenvalue weighted by Crippen LogP contribution is -2.32. The van der Waals surface area contributed by atoms with Gasteiger partial charge in [-0.15, -0.1) is 17.0 Å². The van der Waals surface area contributed by atoms with Gasteiger partial charge in [-0.05, 0) is 43.4 Å². The van der Waals surface area contributed by atoms with Crippen LogP contribution >= 0.6 is 24.4 Å². The smallest absolute Gasteiger partial charge is 0.203 e. The fraction of sp³-hybridized carbons (Fsp3) is 0.632. The molecule has 5 nitrogen and oxygen atoms in total. The van der Waals surface area contributed by atoms with Gasteiger partial charge < -0.3 is 15.3 Å². The first-order valence-electron chi connectivity index (χ1n) is 9.12. The summed E-state index contributed by atoms with van der Waals surface area (Å²) in [4.78, 5) is 10.2. The molecule has 0 bridgehead atoms. The molecule has 3 atom stereocenters. The van der Waals surface area contributed by atoms with E-state index in [2.05, 4.69) is 11.4 Å². The Morgan fingerprint density at radius 1 is 1.27 bits per heavy atom. The monoisotopic (exact) mass is 444 g/mol. The predicted octanol–water partition coefficient (Wildman–Crippen LogP) is 4.00. The Bertz CT molecular complexity index is 627. The predicted molar refractivity (Wildman–Crippen MR) is 110 cm³/mol. The van der Waals surface area contributed by atoms with E-state index in [0.29, 0.717) is 17.6 Å². The Morgan fingerprint density at radius 2 is 1.88 bits per heavy atom. The van der Waals surface area contributed by atoms with Gasteiger partial charge in [-0.2, -0.15) is 5.26 Å². The lowest BCUT2D eigenvalue weighted by Gasteiger charge is -2.25. The summed E-state index contributed by atoms with van der Waals surface area (Å²) in [5.74, 6) is 0.335. The van der Waals surface area contributed by atoms with Crippen LogP contribution in [0.4, 0.5) is 0 Å². The summed E-state index contributed by atoms with van der Waals surface area (Å²) in [6.07, 6.45) is 5.06. The zero-order valence-corrected chi connectivity index (χ0v) is 17.9. The molecule has 0 aromatic heterocycles. The maximum atomic E-state index is 12.4. The third-order valence-electron chi connectivity index (χ3n) is 4.96. The van der Waals surface area contributed by atoms with Crippen molar-refractivity contribution in [2.24, 2.45) is 5.92 Å². The molecule has 1 aliphatic carbocycles. The van der Waals surface area contributed by atoms with Gasteiger partial charge in [-0.25, -0.2) is 0 Å². The molecule has 1 aromatic rings. The summed E-state index contributed by atoms with van der Waals surface area (Å²) >= 11 is 0. The van der Waals surface area contributed by atoms with E-state index in [1.54, 1.807) is 12.1 Å². The molecule has 3 N–H and O–H groups in total. The number of benzene rings is 1. The van der Waals surface area contributed by atoms with E-state index in [9.17, 15) is 14.6 Å². The molecule has 0 saturated heterocycles. The van der Waals surface area contributed by atoms with Crippen LogP contribution < -0.4 is 5.32 Å². The first-order valence-corrected chi connectivity index (χ1v) is 11.1. The SMILES string of the molecule is Br.C[C@H](NC[C@H](O)CP(=O)(O)CC1CCCCC1)c1ccc(C#N)cc1. The van der Waals surface area contributed by atoms with Crippen molar-refractivity contribution in [2.45, 2.75) is 51.2 Å². The van der Waals surface area contributed by atoms with Crippen molar-refractivity contribution in [2.75, 3.05) is 18.9 Å². The molecule has 1 aliphatic rings. The van der Waals surface area contributed by atoms with Gasteiger partial charge in [0.2, 0.25) is 7.37 Å². The third kappa shape index (κ3) is 7.90. The zero-order chi connectivity index (χ0) is 18.3. The Morgan fingerprint density at radius 3 is 2.46 bits per heavy atom. The van der Waals surface area contributed by atoms with Gasteiger partial charge in [-0.3, -0.25) is 4.57 Å². The number of hydrogen-bond acceptors (Lipinski definition) is 4. The molecule has 1 aromatic carbocycles. The Balaban J connectivity index is 0.00000338. The number of nitrogens with zero attached hydrogens (tertiary/aromatic N) is 1. The van der Waals surface area contributed by atoms with Crippen LogP contribution in [0.1, 0.15) is 56.2 Å². The molecule has 0 heterocycles. The summed E-state index contributed by atoms with van der Waals surface area (Å²) in [7, 11) is -3.29. The molecule has 0 radical (unpaired) electrons. The quantitative estimate of drug-likeness (QED) is 0.526. The van der Waals surface area contributed by atoms with Crippen LogP contribution in [0.5, 0.6) is 0 Å². The average Bonchev–Trinajstić information content (AvgIpc) is 2.59. The highest BCUT2D eigenvalue weighted by Gasteiger charge is 2.28. The fourth-order valence-corrected chi connectivity index (χ4v) is 5.63. The molecular formula is C19H30BrN2O3P. The molecule has 146 valence electrons. The number of hydrogen-bond donors (Lipinski definition) is 3. The van der Waals surface area contributed by atoms with Crippen molar-refractivity contribution < 1.29 is 14.6 Å². The minimum Gasteiger partial charge on any atom is -0.391 e.